The summed E-state index contributed by atoms with van der Waals surface area (Å²) in [6.07, 6.45) is 2.03. The molecular weight excluding hydrogens is 262 g/mol. The third kappa shape index (κ3) is 3.57. The van der Waals surface area contributed by atoms with Crippen LogP contribution in [0.1, 0.15) is 28.9 Å². The molecule has 1 aromatic carbocycles. The molecule has 0 spiro atoms. The van der Waals surface area contributed by atoms with Gasteiger partial charge in [0.25, 0.3) is 0 Å². The van der Waals surface area contributed by atoms with Crippen LogP contribution >= 0.6 is 23.1 Å². The van der Waals surface area contributed by atoms with E-state index in [1.54, 1.807) is 23.1 Å². The molecule has 0 saturated carbocycles. The van der Waals surface area contributed by atoms with Crippen LogP contribution in [0, 0.1) is 0 Å². The van der Waals surface area contributed by atoms with Crippen molar-refractivity contribution in [2.45, 2.75) is 37.0 Å². The predicted octanol–water partition coefficient (Wildman–Crippen LogP) is 3.88. The molecule has 0 saturated heterocycles. The minimum Gasteiger partial charge on any atom is -0.391 e. The summed E-state index contributed by atoms with van der Waals surface area (Å²) in [6, 6.07) is 10.3. The number of nitrogens with zero attached hydrogens (tertiary/aromatic N) is 1. The summed E-state index contributed by atoms with van der Waals surface area (Å²) in [5.41, 5.74) is 1.08. The van der Waals surface area contributed by atoms with Gasteiger partial charge in [-0.2, -0.15) is 0 Å². The molecule has 2 aromatic rings. The number of aromatic nitrogens is 1. The molecule has 0 fully saturated rings. The van der Waals surface area contributed by atoms with Crippen LogP contribution in [0.4, 0.5) is 0 Å². The highest BCUT2D eigenvalue weighted by molar-refractivity contribution is 7.98. The van der Waals surface area contributed by atoms with Crippen LogP contribution in [-0.2, 0) is 18.8 Å². The Balaban J connectivity index is 2.01. The van der Waals surface area contributed by atoms with Crippen molar-refractivity contribution in [1.29, 1.82) is 0 Å². The Labute approximate surface area is 116 Å². The smallest absolute Gasteiger partial charge is 0.103 e. The van der Waals surface area contributed by atoms with Gasteiger partial charge in [0.05, 0.1) is 22.9 Å². The first-order valence-corrected chi connectivity index (χ1v) is 7.90. The first-order chi connectivity index (χ1) is 8.83. The van der Waals surface area contributed by atoms with Gasteiger partial charge in [0, 0.05) is 4.90 Å². The summed E-state index contributed by atoms with van der Waals surface area (Å²) in [5.74, 6) is 0.880. The monoisotopic (exact) mass is 279 g/mol. The number of hydrogen-bond donors (Lipinski definition) is 1. The molecule has 0 unspecified atom stereocenters. The Hall–Kier alpha value is -0.840. The fraction of sp³-hybridized carbons (Fsp3) is 0.357. The van der Waals surface area contributed by atoms with Crippen LogP contribution in [0.2, 0.25) is 0 Å². The maximum absolute atomic E-state index is 9.31. The molecule has 0 bridgehead atoms. The van der Waals surface area contributed by atoms with Gasteiger partial charge < -0.3 is 5.11 Å². The summed E-state index contributed by atoms with van der Waals surface area (Å²) in [7, 11) is 0. The minimum atomic E-state index is 0.114. The number of benzene rings is 1. The zero-order chi connectivity index (χ0) is 12.8. The van der Waals surface area contributed by atoms with Crippen molar-refractivity contribution in [3.63, 3.8) is 0 Å². The lowest BCUT2D eigenvalue weighted by molar-refractivity contribution is 0.284. The van der Waals surface area contributed by atoms with Crippen LogP contribution in [0.15, 0.2) is 35.2 Å². The largest absolute Gasteiger partial charge is 0.391 e. The van der Waals surface area contributed by atoms with Crippen LogP contribution in [0.5, 0.6) is 0 Å². The first kappa shape index (κ1) is 13.6. The molecular formula is C14H17NOS2. The van der Waals surface area contributed by atoms with E-state index in [9.17, 15) is 5.11 Å². The van der Waals surface area contributed by atoms with E-state index in [4.69, 9.17) is 0 Å². The molecule has 0 radical (unpaired) electrons. The number of aryl methyl sites for hydroxylation is 1. The lowest BCUT2D eigenvalue weighted by Crippen LogP contribution is -1.90. The van der Waals surface area contributed by atoms with Crippen molar-refractivity contribution < 1.29 is 5.11 Å². The van der Waals surface area contributed by atoms with Crippen molar-refractivity contribution in [3.05, 3.63) is 45.9 Å². The van der Waals surface area contributed by atoms with Crippen LogP contribution in [0.25, 0.3) is 0 Å². The van der Waals surface area contributed by atoms with Gasteiger partial charge in [0.2, 0.25) is 0 Å². The van der Waals surface area contributed by atoms with Crippen LogP contribution in [0.3, 0.4) is 0 Å². The molecule has 96 valence electrons. The number of rotatable bonds is 6. The molecule has 2 nitrogen and oxygen atoms in total. The normalized spacial score (nSPS) is 10.8. The third-order valence-electron chi connectivity index (χ3n) is 2.56. The van der Waals surface area contributed by atoms with E-state index >= 15 is 0 Å². The average molecular weight is 279 g/mol. The maximum Gasteiger partial charge on any atom is 0.103 e. The highest BCUT2D eigenvalue weighted by Gasteiger charge is 2.09. The highest BCUT2D eigenvalue weighted by atomic mass is 32.2. The number of thiazole rings is 1. The van der Waals surface area contributed by atoms with E-state index in [0.29, 0.717) is 0 Å². The van der Waals surface area contributed by atoms with E-state index in [-0.39, 0.29) is 6.61 Å². The molecule has 1 N–H and O–H groups in total. The summed E-state index contributed by atoms with van der Waals surface area (Å²) >= 11 is 3.43. The molecule has 1 heterocycles. The van der Waals surface area contributed by atoms with Crippen molar-refractivity contribution in [3.8, 4) is 0 Å². The topological polar surface area (TPSA) is 33.1 Å². The zero-order valence-electron chi connectivity index (χ0n) is 10.4. The van der Waals surface area contributed by atoms with Crippen molar-refractivity contribution in [1.82, 2.24) is 4.98 Å². The van der Waals surface area contributed by atoms with Gasteiger partial charge in [0.15, 0.2) is 0 Å². The number of thioether (sulfide) groups is 1. The summed E-state index contributed by atoms with van der Waals surface area (Å²) in [5, 5.41) is 10.4. The molecule has 0 amide bonds. The SMILES string of the molecule is CCCc1nc(CSc2ccccc2)sc1CO. The van der Waals surface area contributed by atoms with Gasteiger partial charge in [-0.15, -0.1) is 23.1 Å². The highest BCUT2D eigenvalue weighted by Crippen LogP contribution is 2.27. The lowest BCUT2D eigenvalue weighted by Gasteiger charge is -1.97. The van der Waals surface area contributed by atoms with Gasteiger partial charge in [-0.3, -0.25) is 0 Å². The number of aliphatic hydroxyl groups is 1. The molecule has 0 aliphatic heterocycles. The van der Waals surface area contributed by atoms with E-state index in [1.807, 2.05) is 18.2 Å². The van der Waals surface area contributed by atoms with E-state index in [1.165, 1.54) is 4.90 Å². The van der Waals surface area contributed by atoms with Crippen molar-refractivity contribution in [2.75, 3.05) is 0 Å². The average Bonchev–Trinajstić information content (AvgIpc) is 2.80. The number of aliphatic hydroxyl groups excluding tert-OH is 1. The van der Waals surface area contributed by atoms with Crippen LogP contribution in [-0.4, -0.2) is 10.1 Å². The summed E-state index contributed by atoms with van der Waals surface area (Å²) < 4.78 is 0. The first-order valence-electron chi connectivity index (χ1n) is 6.09. The quantitative estimate of drug-likeness (QED) is 0.815. The van der Waals surface area contributed by atoms with Gasteiger partial charge in [-0.1, -0.05) is 31.5 Å². The maximum atomic E-state index is 9.31. The minimum absolute atomic E-state index is 0.114. The Bertz CT molecular complexity index is 482. The number of hydrogen-bond acceptors (Lipinski definition) is 4. The standard InChI is InChI=1S/C14H17NOS2/c1-2-6-12-13(9-16)18-14(15-12)10-17-11-7-4-3-5-8-11/h3-5,7-8,16H,2,6,9-10H2,1H3. The summed E-state index contributed by atoms with van der Waals surface area (Å²) in [4.78, 5) is 6.91. The molecule has 0 aliphatic rings. The van der Waals surface area contributed by atoms with Crippen LogP contribution < -0.4 is 0 Å². The summed E-state index contributed by atoms with van der Waals surface area (Å²) in [6.45, 7) is 2.25. The van der Waals surface area contributed by atoms with E-state index in [0.717, 1.165) is 34.2 Å². The Morgan fingerprint density at radius 1 is 1.28 bits per heavy atom. The van der Waals surface area contributed by atoms with E-state index in [2.05, 4.69) is 24.0 Å². The Morgan fingerprint density at radius 2 is 2.06 bits per heavy atom. The molecule has 0 atom stereocenters. The molecule has 1 aromatic heterocycles. The molecule has 4 heteroatoms. The third-order valence-corrected chi connectivity index (χ3v) is 4.85. The molecule has 18 heavy (non-hydrogen) atoms. The fourth-order valence-corrected chi connectivity index (χ4v) is 3.60. The van der Waals surface area contributed by atoms with Gasteiger partial charge in [-0.05, 0) is 18.6 Å². The van der Waals surface area contributed by atoms with Gasteiger partial charge in [-0.25, -0.2) is 4.98 Å². The second-order valence-electron chi connectivity index (χ2n) is 3.99. The van der Waals surface area contributed by atoms with Crippen molar-refractivity contribution >= 4 is 23.1 Å². The Morgan fingerprint density at radius 3 is 2.72 bits per heavy atom. The molecule has 2 rings (SSSR count). The van der Waals surface area contributed by atoms with Gasteiger partial charge >= 0.3 is 0 Å². The second kappa shape index (κ2) is 6.92. The fourth-order valence-electron chi connectivity index (χ4n) is 1.72. The van der Waals surface area contributed by atoms with Gasteiger partial charge in [0.1, 0.15) is 5.01 Å². The lowest BCUT2D eigenvalue weighted by atomic mass is 10.2. The molecule has 0 aliphatic carbocycles. The predicted molar refractivity (Wildman–Crippen MR) is 78.0 cm³/mol. The Kier molecular flexibility index (Phi) is 5.23. The zero-order valence-corrected chi connectivity index (χ0v) is 12.1. The van der Waals surface area contributed by atoms with E-state index < -0.39 is 0 Å². The second-order valence-corrected chi connectivity index (χ2v) is 6.20. The van der Waals surface area contributed by atoms with Crippen molar-refractivity contribution in [2.24, 2.45) is 0 Å².